The van der Waals surface area contributed by atoms with E-state index in [4.69, 9.17) is 0 Å². The van der Waals surface area contributed by atoms with Crippen LogP contribution in [0.3, 0.4) is 0 Å². The minimum atomic E-state index is -0.418. The second kappa shape index (κ2) is 4.60. The molecule has 0 saturated heterocycles. The lowest BCUT2D eigenvalue weighted by molar-refractivity contribution is -0.384. The molecule has 0 radical (unpaired) electrons. The number of hydrogen-bond acceptors (Lipinski definition) is 5. The fourth-order valence-electron chi connectivity index (χ4n) is 1.42. The third-order valence-electron chi connectivity index (χ3n) is 2.34. The van der Waals surface area contributed by atoms with Crippen LogP contribution in [-0.4, -0.2) is 19.7 Å². The Bertz CT molecular complexity index is 537. The van der Waals surface area contributed by atoms with Crippen LogP contribution < -0.4 is 5.32 Å². The van der Waals surface area contributed by atoms with Crippen LogP contribution in [0, 0.1) is 10.1 Å². The average Bonchev–Trinajstić information content (AvgIpc) is 2.72. The van der Waals surface area contributed by atoms with Crippen molar-refractivity contribution in [1.82, 2.24) is 14.8 Å². The molecule has 0 aliphatic rings. The zero-order valence-corrected chi connectivity index (χ0v) is 9.20. The quantitative estimate of drug-likeness (QED) is 0.636. The summed E-state index contributed by atoms with van der Waals surface area (Å²) in [5.74, 6) is 0.711. The molecule has 0 aliphatic heterocycles. The van der Waals surface area contributed by atoms with Gasteiger partial charge in [0.25, 0.3) is 5.69 Å². The first kappa shape index (κ1) is 11.1. The number of hydrogen-bond donors (Lipinski definition) is 1. The van der Waals surface area contributed by atoms with Crippen molar-refractivity contribution in [2.75, 3.05) is 5.32 Å². The Labute approximate surface area is 97.2 Å². The van der Waals surface area contributed by atoms with Crippen LogP contribution in [0.4, 0.5) is 11.4 Å². The third-order valence-corrected chi connectivity index (χ3v) is 2.34. The van der Waals surface area contributed by atoms with E-state index in [1.165, 1.54) is 6.07 Å². The van der Waals surface area contributed by atoms with Gasteiger partial charge in [-0.25, -0.2) is 0 Å². The predicted molar refractivity (Wildman–Crippen MR) is 61.4 cm³/mol. The van der Waals surface area contributed by atoms with Gasteiger partial charge in [0.05, 0.1) is 11.5 Å². The van der Waals surface area contributed by atoms with Crippen LogP contribution in [0.25, 0.3) is 0 Å². The normalized spacial score (nSPS) is 10.2. The molecule has 0 fully saturated rings. The van der Waals surface area contributed by atoms with Gasteiger partial charge in [0, 0.05) is 13.1 Å². The lowest BCUT2D eigenvalue weighted by Gasteiger charge is -2.05. The SMILES string of the molecule is Cn1cnnc1CNc1ccccc1[N+](=O)[O-]. The Balaban J connectivity index is 2.14. The van der Waals surface area contributed by atoms with E-state index < -0.39 is 4.92 Å². The zero-order valence-electron chi connectivity index (χ0n) is 9.20. The number of aromatic nitrogens is 3. The molecular weight excluding hydrogens is 222 g/mol. The summed E-state index contributed by atoms with van der Waals surface area (Å²) in [6, 6.07) is 6.49. The van der Waals surface area contributed by atoms with Gasteiger partial charge in [0.1, 0.15) is 12.0 Å². The molecule has 0 saturated carbocycles. The number of nitrogens with one attached hydrogen (secondary N) is 1. The molecule has 1 heterocycles. The van der Waals surface area contributed by atoms with E-state index in [2.05, 4.69) is 15.5 Å². The van der Waals surface area contributed by atoms with Gasteiger partial charge in [0.2, 0.25) is 0 Å². The van der Waals surface area contributed by atoms with Gasteiger partial charge >= 0.3 is 0 Å². The first-order valence-corrected chi connectivity index (χ1v) is 4.98. The largest absolute Gasteiger partial charge is 0.372 e. The highest BCUT2D eigenvalue weighted by Crippen LogP contribution is 2.23. The predicted octanol–water partition coefficient (Wildman–Crippen LogP) is 1.34. The first-order chi connectivity index (χ1) is 8.18. The molecule has 17 heavy (non-hydrogen) atoms. The molecule has 7 nitrogen and oxygen atoms in total. The van der Waals surface area contributed by atoms with Gasteiger partial charge in [-0.3, -0.25) is 10.1 Å². The van der Waals surface area contributed by atoms with Gasteiger partial charge in [-0.15, -0.1) is 10.2 Å². The van der Waals surface area contributed by atoms with Crippen LogP contribution in [0.15, 0.2) is 30.6 Å². The van der Waals surface area contributed by atoms with Gasteiger partial charge in [-0.05, 0) is 6.07 Å². The van der Waals surface area contributed by atoms with Crippen LogP contribution in [0.1, 0.15) is 5.82 Å². The highest BCUT2D eigenvalue weighted by Gasteiger charge is 2.12. The standard InChI is InChI=1S/C10H11N5O2/c1-14-7-12-13-10(14)6-11-8-4-2-3-5-9(8)15(16)17/h2-5,7,11H,6H2,1H3. The van der Waals surface area contributed by atoms with Crippen LogP contribution >= 0.6 is 0 Å². The Morgan fingerprint density at radius 1 is 1.47 bits per heavy atom. The summed E-state index contributed by atoms with van der Waals surface area (Å²) in [6.45, 7) is 0.390. The van der Waals surface area contributed by atoms with E-state index in [1.54, 1.807) is 29.1 Å². The number of rotatable bonds is 4. The highest BCUT2D eigenvalue weighted by atomic mass is 16.6. The second-order valence-electron chi connectivity index (χ2n) is 3.49. The van der Waals surface area contributed by atoms with E-state index in [1.807, 2.05) is 7.05 Å². The van der Waals surface area contributed by atoms with Crippen molar-refractivity contribution >= 4 is 11.4 Å². The summed E-state index contributed by atoms with van der Waals surface area (Å²) in [6.07, 6.45) is 1.58. The van der Waals surface area contributed by atoms with Crippen LogP contribution in [-0.2, 0) is 13.6 Å². The molecular formula is C10H11N5O2. The first-order valence-electron chi connectivity index (χ1n) is 4.98. The number of benzene rings is 1. The number of aryl methyl sites for hydroxylation is 1. The Hall–Kier alpha value is -2.44. The molecule has 0 bridgehead atoms. The van der Waals surface area contributed by atoms with E-state index in [9.17, 15) is 10.1 Å². The summed E-state index contributed by atoms with van der Waals surface area (Å²) in [5, 5.41) is 21.4. The molecule has 88 valence electrons. The van der Waals surface area contributed by atoms with E-state index in [0.717, 1.165) is 0 Å². The molecule has 1 N–H and O–H groups in total. The van der Waals surface area contributed by atoms with E-state index >= 15 is 0 Å². The minimum Gasteiger partial charge on any atom is -0.372 e. The molecule has 7 heteroatoms. The van der Waals surface area contributed by atoms with Gasteiger partial charge in [-0.1, -0.05) is 12.1 Å². The van der Waals surface area contributed by atoms with Crippen molar-refractivity contribution in [1.29, 1.82) is 0 Å². The molecule has 0 spiro atoms. The lowest BCUT2D eigenvalue weighted by Crippen LogP contribution is -2.07. The maximum Gasteiger partial charge on any atom is 0.292 e. The number of para-hydroxylation sites is 2. The summed E-state index contributed by atoms with van der Waals surface area (Å²) in [5.41, 5.74) is 0.523. The molecule has 1 aromatic heterocycles. The molecule has 1 aromatic carbocycles. The van der Waals surface area contributed by atoms with Crippen molar-refractivity contribution in [2.45, 2.75) is 6.54 Å². The van der Waals surface area contributed by atoms with Gasteiger partial charge in [-0.2, -0.15) is 0 Å². The molecule has 2 rings (SSSR count). The molecule has 0 unspecified atom stereocenters. The summed E-state index contributed by atoms with van der Waals surface area (Å²) in [7, 11) is 1.82. The Morgan fingerprint density at radius 2 is 2.24 bits per heavy atom. The Morgan fingerprint density at radius 3 is 2.88 bits per heavy atom. The third kappa shape index (κ3) is 2.39. The highest BCUT2D eigenvalue weighted by molar-refractivity contribution is 5.60. The topological polar surface area (TPSA) is 85.9 Å². The number of nitro benzene ring substituents is 1. The maximum absolute atomic E-state index is 10.8. The molecule has 0 amide bonds. The lowest BCUT2D eigenvalue weighted by atomic mass is 10.2. The summed E-state index contributed by atoms with van der Waals surface area (Å²) >= 11 is 0. The fraction of sp³-hybridized carbons (Fsp3) is 0.200. The van der Waals surface area contributed by atoms with Crippen molar-refractivity contribution in [2.24, 2.45) is 7.05 Å². The smallest absolute Gasteiger partial charge is 0.292 e. The number of anilines is 1. The summed E-state index contributed by atoms with van der Waals surface area (Å²) < 4.78 is 1.75. The number of nitro groups is 1. The van der Waals surface area contributed by atoms with Gasteiger partial charge in [0.15, 0.2) is 5.82 Å². The number of nitrogens with zero attached hydrogens (tertiary/aromatic N) is 4. The van der Waals surface area contributed by atoms with Crippen molar-refractivity contribution < 1.29 is 4.92 Å². The van der Waals surface area contributed by atoms with Gasteiger partial charge < -0.3 is 9.88 Å². The molecule has 0 atom stereocenters. The summed E-state index contributed by atoms with van der Waals surface area (Å²) in [4.78, 5) is 10.4. The van der Waals surface area contributed by atoms with Crippen LogP contribution in [0.2, 0.25) is 0 Å². The Kier molecular flexibility index (Phi) is 2.99. The zero-order chi connectivity index (χ0) is 12.3. The van der Waals surface area contributed by atoms with Crippen molar-refractivity contribution in [3.8, 4) is 0 Å². The monoisotopic (exact) mass is 233 g/mol. The maximum atomic E-state index is 10.8. The fourth-order valence-corrected chi connectivity index (χ4v) is 1.42. The molecule has 0 aliphatic carbocycles. The molecule has 2 aromatic rings. The van der Waals surface area contributed by atoms with E-state index in [0.29, 0.717) is 18.1 Å². The second-order valence-corrected chi connectivity index (χ2v) is 3.49. The van der Waals surface area contributed by atoms with Crippen molar-refractivity contribution in [3.05, 3.63) is 46.5 Å². The average molecular weight is 233 g/mol. The van der Waals surface area contributed by atoms with Crippen LogP contribution in [0.5, 0.6) is 0 Å². The van der Waals surface area contributed by atoms with E-state index in [-0.39, 0.29) is 5.69 Å². The van der Waals surface area contributed by atoms with Crippen molar-refractivity contribution in [3.63, 3.8) is 0 Å². The minimum absolute atomic E-state index is 0.0506.